The van der Waals surface area contributed by atoms with Crippen LogP contribution in [-0.4, -0.2) is 147 Å². The van der Waals surface area contributed by atoms with Gasteiger partial charge >= 0.3 is 5.97 Å². The molecule has 10 heterocycles. The molecule has 7 aliphatic heterocycles. The van der Waals surface area contributed by atoms with Crippen LogP contribution < -0.4 is 10.7 Å². The summed E-state index contributed by atoms with van der Waals surface area (Å²) in [5, 5.41) is 19.4. The molecule has 13 rings (SSSR count). The highest BCUT2D eigenvalue weighted by Gasteiger charge is 2.62. The van der Waals surface area contributed by atoms with Crippen molar-refractivity contribution in [2.45, 2.75) is 152 Å². The number of aliphatic hydroxyl groups is 1. The van der Waals surface area contributed by atoms with Crippen LogP contribution in [0.2, 0.25) is 0 Å². The normalized spacial score (nSPS) is 30.3. The molecule has 17 heteroatoms. The highest BCUT2D eigenvalue weighted by Crippen LogP contribution is 2.53. The number of thiazole rings is 1. The van der Waals surface area contributed by atoms with E-state index in [-0.39, 0.29) is 42.8 Å². The van der Waals surface area contributed by atoms with E-state index in [1.54, 1.807) is 7.11 Å². The zero-order valence-electron chi connectivity index (χ0n) is 41.9. The first-order chi connectivity index (χ1) is 34.2. The molecule has 3 aromatic heterocycles. The Hall–Kier alpha value is -4.33. The fraction of sp³-hybridized carbons (Fsp3) is 0.648. The van der Waals surface area contributed by atoms with E-state index in [2.05, 4.69) is 74.8 Å². The third-order valence-electron chi connectivity index (χ3n) is 17.4. The van der Waals surface area contributed by atoms with Crippen molar-refractivity contribution in [1.82, 2.24) is 40.1 Å². The predicted octanol–water partition coefficient (Wildman–Crippen LogP) is 6.06. The summed E-state index contributed by atoms with van der Waals surface area (Å²) in [4.78, 5) is 59.5. The van der Waals surface area contributed by atoms with Gasteiger partial charge in [0.25, 0.3) is 11.8 Å². The number of likely N-dealkylation sites (tertiary alicyclic amines) is 2. The number of nitrogens with zero attached hydrogens (tertiary/aromatic N) is 6. The fourth-order valence-corrected chi connectivity index (χ4v) is 14.0. The lowest BCUT2D eigenvalue weighted by Crippen LogP contribution is -2.72. The van der Waals surface area contributed by atoms with Crippen molar-refractivity contribution in [3.05, 3.63) is 57.7 Å². The standard InChI is InChI=1S/C54H70N8O8S/c1-31-36-23-54(24-36,70-31)51(66)57-45-47(60-28-53(29-60)14-20-69-53)48-56-42(27-71-48)34-8-11-43-38(21-34)40(25-52(3,4)30-68-50(65)41-7-6-15-62(58-41)49(45)64)46(61(43)18-19-63)39-22-35(26-55-44(39)32(2)67-5)33-12-16-59(17-13-33)37-9-10-37/h8,11,21-22,26-27,31-33,36-37,41,45,47,58,63H,6-7,9-10,12-20,23-25,28-30H2,1-5H3,(H,57,66)/t31-,32-,36?,41-,45-,47-,54?/m0/s1. The van der Waals surface area contributed by atoms with Crippen LogP contribution in [0, 0.1) is 11.3 Å². The lowest BCUT2D eigenvalue weighted by Gasteiger charge is -2.58. The lowest BCUT2D eigenvalue weighted by atomic mass is 9.72. The summed E-state index contributed by atoms with van der Waals surface area (Å²) in [5.74, 6) is -0.350. The van der Waals surface area contributed by atoms with E-state index < -0.39 is 35.1 Å². The number of piperidine rings is 1. The number of nitrogens with one attached hydrogen (secondary N) is 2. The number of cyclic esters (lactones) is 1. The number of rotatable bonds is 10. The third-order valence-corrected chi connectivity index (χ3v) is 18.4. The Labute approximate surface area is 420 Å². The van der Waals surface area contributed by atoms with Crippen LogP contribution >= 0.6 is 11.3 Å². The number of esters is 1. The van der Waals surface area contributed by atoms with Gasteiger partial charge in [-0.25, -0.2) is 10.4 Å². The van der Waals surface area contributed by atoms with Gasteiger partial charge in [0.2, 0.25) is 0 Å². The maximum Gasteiger partial charge on any atom is 0.324 e. The summed E-state index contributed by atoms with van der Waals surface area (Å²) in [6, 6.07) is 7.09. The number of pyridine rings is 1. The lowest BCUT2D eigenvalue weighted by molar-refractivity contribution is -0.232. The Morgan fingerprint density at radius 1 is 1.07 bits per heavy atom. The molecule has 0 unspecified atom stereocenters. The number of carbonyl (C=O) groups is 3. The number of fused-ring (bicyclic) bond motifs is 7. The van der Waals surface area contributed by atoms with Crippen LogP contribution in [0.5, 0.6) is 0 Å². The maximum absolute atomic E-state index is 15.2. The number of hydrogen-bond donors (Lipinski definition) is 3. The van der Waals surface area contributed by atoms with E-state index in [1.165, 1.54) is 34.8 Å². The molecular weight excluding hydrogens is 921 g/mol. The topological polar surface area (TPSA) is 173 Å². The number of methoxy groups -OCH3 is 1. The summed E-state index contributed by atoms with van der Waals surface area (Å²) in [7, 11) is 1.72. The first-order valence-electron chi connectivity index (χ1n) is 26.3. The Balaban J connectivity index is 0.993. The number of aromatic nitrogens is 3. The zero-order chi connectivity index (χ0) is 49.0. The van der Waals surface area contributed by atoms with Crippen molar-refractivity contribution in [3.63, 3.8) is 0 Å². The minimum absolute atomic E-state index is 0.0299. The van der Waals surface area contributed by atoms with Gasteiger partial charge in [0.15, 0.2) is 0 Å². The molecule has 1 aromatic carbocycles. The van der Waals surface area contributed by atoms with Crippen LogP contribution in [-0.2, 0) is 46.3 Å². The third kappa shape index (κ3) is 8.53. The van der Waals surface area contributed by atoms with Gasteiger partial charge in [-0.3, -0.25) is 29.3 Å². The van der Waals surface area contributed by atoms with Gasteiger partial charge in [-0.15, -0.1) is 11.3 Å². The van der Waals surface area contributed by atoms with E-state index in [0.29, 0.717) is 81.7 Å². The van der Waals surface area contributed by atoms with Gasteiger partial charge in [0.1, 0.15) is 22.7 Å². The molecule has 3 N–H and O–H groups in total. The minimum atomic E-state index is -1.05. The van der Waals surface area contributed by atoms with Crippen molar-refractivity contribution >= 4 is 40.0 Å². The van der Waals surface area contributed by atoms with Gasteiger partial charge in [-0.2, -0.15) is 0 Å². The number of aliphatic hydroxyl groups excluding tert-OH is 1. The van der Waals surface area contributed by atoms with Crippen molar-refractivity contribution in [2.75, 3.05) is 59.7 Å². The van der Waals surface area contributed by atoms with E-state index >= 15 is 4.79 Å². The molecule has 2 aliphatic carbocycles. The second kappa shape index (κ2) is 18.3. The summed E-state index contributed by atoms with van der Waals surface area (Å²) in [5.41, 5.74) is 9.19. The second-order valence-corrected chi connectivity index (χ2v) is 23.8. The van der Waals surface area contributed by atoms with Gasteiger partial charge in [0, 0.05) is 84.8 Å². The summed E-state index contributed by atoms with van der Waals surface area (Å²) in [6.45, 7) is 13.1. The van der Waals surface area contributed by atoms with E-state index in [4.69, 9.17) is 28.9 Å². The first kappa shape index (κ1) is 47.7. The average molecular weight is 991 g/mol. The number of ether oxygens (including phenoxy) is 4. The molecule has 0 radical (unpaired) electrons. The summed E-state index contributed by atoms with van der Waals surface area (Å²) >= 11 is 1.49. The SMILES string of the molecule is CO[C@@H](C)c1ncc(C2CCN(C3CC3)CC2)cc1-c1c2c3cc(ccc3n1CCO)-c1csc(n1)[C@@H](N1CC3(CCO3)C1)[C@H](NC(=O)C13CC(C1)[C@H](C)O3)C(=O)N1CCC[C@H](N1)C(=O)OCC(C)(C)C2. The number of hydrazine groups is 1. The molecule has 380 valence electrons. The minimum Gasteiger partial charge on any atom is -0.464 e. The van der Waals surface area contributed by atoms with Gasteiger partial charge in [-0.05, 0) is 126 Å². The largest absolute Gasteiger partial charge is 0.464 e. The molecule has 9 aliphatic rings. The fourth-order valence-electron chi connectivity index (χ4n) is 13.0. The van der Waals surface area contributed by atoms with Crippen LogP contribution in [0.4, 0.5) is 0 Å². The smallest absolute Gasteiger partial charge is 0.324 e. The van der Waals surface area contributed by atoms with Crippen LogP contribution in [0.15, 0.2) is 35.8 Å². The van der Waals surface area contributed by atoms with Crippen LogP contribution in [0.25, 0.3) is 33.4 Å². The number of benzene rings is 1. The zero-order valence-corrected chi connectivity index (χ0v) is 42.7. The highest BCUT2D eigenvalue weighted by molar-refractivity contribution is 7.10. The molecule has 5 atom stereocenters. The molecule has 4 aromatic rings. The van der Waals surface area contributed by atoms with Gasteiger partial charge < -0.3 is 38.8 Å². The van der Waals surface area contributed by atoms with Gasteiger partial charge in [0.05, 0.1) is 60.8 Å². The predicted molar refractivity (Wildman–Crippen MR) is 267 cm³/mol. The highest BCUT2D eigenvalue weighted by atomic mass is 32.1. The Morgan fingerprint density at radius 2 is 1.86 bits per heavy atom. The Bertz CT molecular complexity index is 2710. The second-order valence-electron chi connectivity index (χ2n) is 23.0. The van der Waals surface area contributed by atoms with E-state index in [1.807, 2.05) is 13.8 Å². The molecule has 16 nitrogen and oxygen atoms in total. The molecule has 6 saturated heterocycles. The molecule has 2 amide bonds. The molecule has 8 bridgehead atoms. The monoisotopic (exact) mass is 991 g/mol. The summed E-state index contributed by atoms with van der Waals surface area (Å²) in [6.07, 6.45) is 10.3. The van der Waals surface area contributed by atoms with E-state index in [9.17, 15) is 14.7 Å². The van der Waals surface area contributed by atoms with Crippen LogP contribution in [0.3, 0.4) is 0 Å². The van der Waals surface area contributed by atoms with E-state index in [0.717, 1.165) is 83.1 Å². The quantitative estimate of drug-likeness (QED) is 0.157. The average Bonchev–Trinajstić information content (AvgIpc) is 3.70. The van der Waals surface area contributed by atoms with Crippen molar-refractivity contribution < 1.29 is 38.4 Å². The number of hydrogen-bond acceptors (Lipinski definition) is 14. The molecule has 2 saturated carbocycles. The number of carbonyl (C=O) groups excluding carboxylic acids is 3. The van der Waals surface area contributed by atoms with Crippen LogP contribution in [0.1, 0.15) is 125 Å². The Kier molecular flexibility index (Phi) is 12.3. The molecule has 8 fully saturated rings. The van der Waals surface area contributed by atoms with Crippen molar-refractivity contribution in [3.8, 4) is 22.5 Å². The molecular formula is C54H70N8O8S. The van der Waals surface area contributed by atoms with Crippen molar-refractivity contribution in [1.29, 1.82) is 0 Å². The number of amides is 2. The Morgan fingerprint density at radius 3 is 2.55 bits per heavy atom. The maximum atomic E-state index is 15.2. The molecule has 1 spiro atoms. The molecule has 71 heavy (non-hydrogen) atoms. The summed E-state index contributed by atoms with van der Waals surface area (Å²) < 4.78 is 27.0. The van der Waals surface area contributed by atoms with Crippen molar-refractivity contribution in [2.24, 2.45) is 11.3 Å². The first-order valence-corrected chi connectivity index (χ1v) is 27.2. The van der Waals surface area contributed by atoms with Gasteiger partial charge in [-0.1, -0.05) is 19.9 Å².